The lowest BCUT2D eigenvalue weighted by molar-refractivity contribution is -0.121. The summed E-state index contributed by atoms with van der Waals surface area (Å²) in [5.74, 6) is -0.0802. The summed E-state index contributed by atoms with van der Waals surface area (Å²) in [6.45, 7) is 10.0. The Bertz CT molecular complexity index is 1470. The first-order chi connectivity index (χ1) is 21.3. The molecule has 4 rings (SSSR count). The number of hydrogen-bond acceptors (Lipinski definition) is 9. The van der Waals surface area contributed by atoms with Crippen molar-refractivity contribution in [3.8, 4) is 17.0 Å². The van der Waals surface area contributed by atoms with E-state index in [1.807, 2.05) is 18.2 Å². The van der Waals surface area contributed by atoms with Crippen molar-refractivity contribution in [3.63, 3.8) is 0 Å². The molecule has 0 radical (unpaired) electrons. The molecule has 6 bridgehead atoms. The first-order valence-electron chi connectivity index (χ1n) is 14.8. The fourth-order valence-corrected chi connectivity index (χ4v) is 4.47. The molecule has 1 aliphatic rings. The highest BCUT2D eigenvalue weighted by atomic mass is 32.1. The van der Waals surface area contributed by atoms with E-state index in [1.165, 1.54) is 12.1 Å². The van der Waals surface area contributed by atoms with E-state index in [2.05, 4.69) is 38.5 Å². The van der Waals surface area contributed by atoms with Crippen LogP contribution < -0.4 is 26.4 Å². The van der Waals surface area contributed by atoms with Crippen molar-refractivity contribution in [1.82, 2.24) is 15.3 Å². The molecule has 244 valence electrons. The molecule has 2 aromatic carbocycles. The number of aromatic nitrogens is 2. The lowest BCUT2D eigenvalue weighted by Gasteiger charge is -2.23. The minimum Gasteiger partial charge on any atom is -0.494 e. The Morgan fingerprint density at radius 2 is 1.87 bits per heavy atom. The van der Waals surface area contributed by atoms with Gasteiger partial charge in [0.25, 0.3) is 0 Å². The number of anilines is 3. The van der Waals surface area contributed by atoms with Gasteiger partial charge in [0, 0.05) is 29.6 Å². The second-order valence-corrected chi connectivity index (χ2v) is 12.2. The summed E-state index contributed by atoms with van der Waals surface area (Å²) < 4.78 is 39.6. The Kier molecular flexibility index (Phi) is 12.8. The zero-order valence-electron chi connectivity index (χ0n) is 26.2. The topological polar surface area (TPSA) is 140 Å². The molecule has 13 heteroatoms. The average molecular weight is 645 g/mol. The van der Waals surface area contributed by atoms with Gasteiger partial charge in [-0.25, -0.2) is 23.5 Å². The average Bonchev–Trinajstić information content (AvgIpc) is 2.96. The number of hydrogen-bond donors (Lipinski definition) is 5. The van der Waals surface area contributed by atoms with Crippen LogP contribution in [0.15, 0.2) is 42.6 Å². The Hall–Kier alpha value is -4.13. The van der Waals surface area contributed by atoms with Crippen LogP contribution in [0.3, 0.4) is 0 Å². The highest BCUT2D eigenvalue weighted by Gasteiger charge is 2.25. The second kappa shape index (κ2) is 16.3. The molecule has 45 heavy (non-hydrogen) atoms. The number of thiol groups is 1. The van der Waals surface area contributed by atoms with Crippen molar-refractivity contribution in [2.24, 2.45) is 11.7 Å². The normalized spacial score (nSPS) is 13.9. The third-order valence-corrected chi connectivity index (χ3v) is 6.80. The zero-order valence-corrected chi connectivity index (χ0v) is 27.1. The van der Waals surface area contributed by atoms with Crippen molar-refractivity contribution in [2.45, 2.75) is 71.3 Å². The number of amides is 2. The highest BCUT2D eigenvalue weighted by molar-refractivity contribution is 7.79. The molecule has 1 aromatic heterocycles. The Morgan fingerprint density at radius 3 is 2.53 bits per heavy atom. The van der Waals surface area contributed by atoms with Crippen molar-refractivity contribution >= 4 is 42.0 Å². The van der Waals surface area contributed by atoms with Crippen LogP contribution >= 0.6 is 12.6 Å². The molecule has 0 saturated heterocycles. The number of rotatable bonds is 4. The van der Waals surface area contributed by atoms with Crippen LogP contribution in [0.4, 0.5) is 30.9 Å². The van der Waals surface area contributed by atoms with Crippen LogP contribution in [-0.2, 0) is 15.3 Å². The van der Waals surface area contributed by atoms with Gasteiger partial charge in [-0.2, -0.15) is 12.6 Å². The van der Waals surface area contributed by atoms with Crippen LogP contribution in [0, 0.1) is 17.6 Å². The lowest BCUT2D eigenvalue weighted by Crippen LogP contribution is -2.49. The summed E-state index contributed by atoms with van der Waals surface area (Å²) in [5.41, 5.74) is 7.16. The maximum Gasteiger partial charge on any atom is 0.408 e. The van der Waals surface area contributed by atoms with E-state index in [0.717, 1.165) is 42.5 Å². The van der Waals surface area contributed by atoms with Crippen LogP contribution in [0.5, 0.6) is 5.75 Å². The Labute approximate surface area is 268 Å². The van der Waals surface area contributed by atoms with E-state index < -0.39 is 29.5 Å². The van der Waals surface area contributed by atoms with Gasteiger partial charge in [-0.05, 0) is 81.8 Å². The fraction of sp³-hybridized carbons (Fsp3) is 0.438. The van der Waals surface area contributed by atoms with E-state index in [-0.39, 0.29) is 23.4 Å². The molecule has 1 aliphatic heterocycles. The molecule has 3 aromatic rings. The van der Waals surface area contributed by atoms with Gasteiger partial charge in [0.2, 0.25) is 11.9 Å². The Morgan fingerprint density at radius 1 is 1.11 bits per heavy atom. The van der Waals surface area contributed by atoms with Gasteiger partial charge in [0.1, 0.15) is 28.9 Å². The standard InChI is InChI=1S/C22H22F2N4OS.C10H20N2O3/c23-18-5-4-15-10-20(18)25-6-2-1-3-7-29-17-9-14(13-30)8-16(11-17)27-22-26-12-19(24)21(15)28-22;1-6(2)7(8(11)13)12-9(14)15-10(3,4)5/h4-5,8-12,25,30H,1-3,6-7,13H2,(H,26,27,28);6-7H,1-5H3,(H2,11,13)(H,12,14). The number of halogens is 2. The minimum atomic E-state index is -0.695. The molecular weight excluding hydrogens is 602 g/mol. The van der Waals surface area contributed by atoms with Crippen molar-refractivity contribution < 1.29 is 27.8 Å². The molecule has 2 heterocycles. The van der Waals surface area contributed by atoms with Crippen molar-refractivity contribution in [3.05, 3.63) is 59.8 Å². The number of benzene rings is 2. The number of carbonyl (C=O) groups excluding carboxylic acids is 2. The zero-order chi connectivity index (χ0) is 33.1. The summed E-state index contributed by atoms with van der Waals surface area (Å²) in [7, 11) is 0. The molecule has 5 N–H and O–H groups in total. The second-order valence-electron chi connectivity index (χ2n) is 11.8. The van der Waals surface area contributed by atoms with E-state index in [0.29, 0.717) is 30.2 Å². The molecule has 1 unspecified atom stereocenters. The van der Waals surface area contributed by atoms with Crippen LogP contribution in [0.1, 0.15) is 59.4 Å². The predicted molar refractivity (Wildman–Crippen MR) is 175 cm³/mol. The van der Waals surface area contributed by atoms with Gasteiger partial charge >= 0.3 is 6.09 Å². The molecule has 0 aliphatic carbocycles. The summed E-state index contributed by atoms with van der Waals surface area (Å²) in [6, 6.07) is 9.42. The SMILES string of the molecule is CC(C)C(NC(=O)OC(C)(C)C)C(N)=O.Fc1ccc2cc1NCCCCCOc1cc(CS)cc(c1)Nc1ncc(F)c-2n1. The maximum absolute atomic E-state index is 14.5. The first-order valence-corrected chi connectivity index (χ1v) is 15.4. The van der Waals surface area contributed by atoms with Gasteiger partial charge in [0.05, 0.1) is 18.5 Å². The predicted octanol–water partition coefficient (Wildman–Crippen LogP) is 6.59. The van der Waals surface area contributed by atoms with Gasteiger partial charge in [-0.3, -0.25) is 4.79 Å². The lowest BCUT2D eigenvalue weighted by atomic mass is 10.0. The number of nitrogens with one attached hydrogen (secondary N) is 3. The number of ether oxygens (including phenoxy) is 2. The summed E-state index contributed by atoms with van der Waals surface area (Å²) in [6.07, 6.45) is 3.16. The van der Waals surface area contributed by atoms with Crippen LogP contribution in [-0.4, -0.2) is 46.8 Å². The summed E-state index contributed by atoms with van der Waals surface area (Å²) >= 11 is 4.36. The van der Waals surface area contributed by atoms with Crippen molar-refractivity contribution in [2.75, 3.05) is 23.8 Å². The van der Waals surface area contributed by atoms with Crippen LogP contribution in [0.2, 0.25) is 0 Å². The smallest absolute Gasteiger partial charge is 0.408 e. The molecule has 0 spiro atoms. The number of carbonyl (C=O) groups is 2. The number of fused-ring (bicyclic) bond motifs is 7. The van der Waals surface area contributed by atoms with E-state index >= 15 is 0 Å². The number of primary amides is 1. The van der Waals surface area contributed by atoms with E-state index in [9.17, 15) is 18.4 Å². The first kappa shape index (κ1) is 35.4. The monoisotopic (exact) mass is 644 g/mol. The van der Waals surface area contributed by atoms with Gasteiger partial charge in [-0.15, -0.1) is 0 Å². The van der Waals surface area contributed by atoms with Gasteiger partial charge < -0.3 is 31.2 Å². The quantitative estimate of drug-likeness (QED) is 0.201. The van der Waals surface area contributed by atoms with E-state index in [4.69, 9.17) is 15.2 Å². The number of nitrogens with two attached hydrogens (primary N) is 1. The molecule has 10 nitrogen and oxygen atoms in total. The third kappa shape index (κ3) is 11.4. The number of nitrogens with zero attached hydrogens (tertiary/aromatic N) is 2. The molecular formula is C32H42F2N6O4S. The Balaban J connectivity index is 0.000000313. The van der Waals surface area contributed by atoms with Crippen molar-refractivity contribution in [1.29, 1.82) is 0 Å². The fourth-order valence-electron chi connectivity index (χ4n) is 4.29. The molecule has 1 atom stereocenters. The minimum absolute atomic E-state index is 0.0602. The third-order valence-electron chi connectivity index (χ3n) is 6.44. The van der Waals surface area contributed by atoms with Gasteiger partial charge in [-0.1, -0.05) is 13.8 Å². The summed E-state index contributed by atoms with van der Waals surface area (Å²) in [4.78, 5) is 30.7. The largest absolute Gasteiger partial charge is 0.494 e. The molecule has 0 fully saturated rings. The van der Waals surface area contributed by atoms with E-state index in [1.54, 1.807) is 40.7 Å². The van der Waals surface area contributed by atoms with Crippen LogP contribution in [0.25, 0.3) is 11.3 Å². The maximum atomic E-state index is 14.5. The van der Waals surface area contributed by atoms with Gasteiger partial charge in [0.15, 0.2) is 5.82 Å². The molecule has 2 amide bonds. The summed E-state index contributed by atoms with van der Waals surface area (Å²) in [5, 5.41) is 8.63. The number of alkyl carbamates (subject to hydrolysis) is 1. The molecule has 0 saturated carbocycles. The highest BCUT2D eigenvalue weighted by Crippen LogP contribution is 2.29.